The van der Waals surface area contributed by atoms with E-state index in [9.17, 15) is 0 Å². The smallest absolute Gasteiger partial charge is 0.132 e. The van der Waals surface area contributed by atoms with Crippen LogP contribution in [-0.4, -0.2) is 4.98 Å². The maximum absolute atomic E-state index is 8.68. The first-order valence-corrected chi connectivity index (χ1v) is 5.26. The fourth-order valence-electron chi connectivity index (χ4n) is 1.47. The molecule has 0 aliphatic carbocycles. The van der Waals surface area contributed by atoms with E-state index in [0.29, 0.717) is 10.7 Å². The molecular formula is C13H9ClN2. The second-order valence-electron chi connectivity index (χ2n) is 3.44. The molecular weight excluding hydrogens is 220 g/mol. The Balaban J connectivity index is 2.22. The van der Waals surface area contributed by atoms with Crippen LogP contribution in [0.3, 0.4) is 0 Å². The molecule has 0 N–H and O–H groups in total. The number of pyridine rings is 1. The first-order chi connectivity index (χ1) is 7.79. The van der Waals surface area contributed by atoms with E-state index in [4.69, 9.17) is 16.9 Å². The van der Waals surface area contributed by atoms with Gasteiger partial charge in [-0.05, 0) is 29.3 Å². The number of benzene rings is 1. The summed E-state index contributed by atoms with van der Waals surface area (Å²) in [5.74, 6) is 0. The quantitative estimate of drug-likeness (QED) is 0.741. The van der Waals surface area contributed by atoms with Crippen LogP contribution in [0.15, 0.2) is 42.6 Å². The highest BCUT2D eigenvalue weighted by atomic mass is 35.5. The number of nitriles is 1. The summed E-state index contributed by atoms with van der Waals surface area (Å²) in [5.41, 5.74) is 2.78. The zero-order valence-electron chi connectivity index (χ0n) is 8.52. The Kier molecular flexibility index (Phi) is 3.19. The summed E-state index contributed by atoms with van der Waals surface area (Å²) >= 11 is 5.97. The number of hydrogen-bond donors (Lipinski definition) is 0. The van der Waals surface area contributed by atoms with Crippen molar-refractivity contribution in [1.82, 2.24) is 4.98 Å². The van der Waals surface area contributed by atoms with Crippen molar-refractivity contribution >= 4 is 11.6 Å². The minimum atomic E-state index is 0.534. The largest absolute Gasteiger partial charge is 0.244 e. The standard InChI is InChI=1S/C13H9ClN2/c14-13-12(2-1-7-16-13)8-10-3-5-11(9-15)6-4-10/h1-7H,8H2. The molecule has 0 spiro atoms. The van der Waals surface area contributed by atoms with Gasteiger partial charge in [0.1, 0.15) is 5.15 Å². The molecule has 0 saturated carbocycles. The van der Waals surface area contributed by atoms with Gasteiger partial charge in [-0.3, -0.25) is 0 Å². The number of nitrogens with zero attached hydrogens (tertiary/aromatic N) is 2. The third-order valence-electron chi connectivity index (χ3n) is 2.31. The maximum atomic E-state index is 8.68. The van der Waals surface area contributed by atoms with E-state index in [1.807, 2.05) is 24.3 Å². The van der Waals surface area contributed by atoms with Gasteiger partial charge < -0.3 is 0 Å². The van der Waals surface area contributed by atoms with Crippen molar-refractivity contribution in [2.45, 2.75) is 6.42 Å². The van der Waals surface area contributed by atoms with Crippen LogP contribution in [0, 0.1) is 11.3 Å². The van der Waals surface area contributed by atoms with Gasteiger partial charge in [-0.1, -0.05) is 29.8 Å². The van der Waals surface area contributed by atoms with Gasteiger partial charge in [-0.15, -0.1) is 0 Å². The maximum Gasteiger partial charge on any atom is 0.132 e. The highest BCUT2D eigenvalue weighted by molar-refractivity contribution is 6.30. The molecule has 0 atom stereocenters. The summed E-state index contributed by atoms with van der Waals surface area (Å²) < 4.78 is 0. The second-order valence-corrected chi connectivity index (χ2v) is 3.80. The highest BCUT2D eigenvalue weighted by Crippen LogP contribution is 2.16. The fourth-order valence-corrected chi connectivity index (χ4v) is 1.65. The number of rotatable bonds is 2. The number of hydrogen-bond acceptors (Lipinski definition) is 2. The summed E-state index contributed by atoms with van der Waals surface area (Å²) in [4.78, 5) is 4.02. The van der Waals surface area contributed by atoms with Crippen LogP contribution < -0.4 is 0 Å². The molecule has 0 unspecified atom stereocenters. The Morgan fingerprint density at radius 3 is 2.56 bits per heavy atom. The third-order valence-corrected chi connectivity index (χ3v) is 2.65. The first kappa shape index (κ1) is 10.7. The SMILES string of the molecule is N#Cc1ccc(Cc2cccnc2Cl)cc1. The molecule has 2 rings (SSSR count). The van der Waals surface area contributed by atoms with Crippen molar-refractivity contribution < 1.29 is 0 Å². The lowest BCUT2D eigenvalue weighted by Crippen LogP contribution is -1.91. The lowest BCUT2D eigenvalue weighted by molar-refractivity contribution is 1.14. The topological polar surface area (TPSA) is 36.7 Å². The lowest BCUT2D eigenvalue weighted by Gasteiger charge is -2.03. The zero-order chi connectivity index (χ0) is 11.4. The molecule has 1 aromatic heterocycles. The second kappa shape index (κ2) is 4.78. The molecule has 0 fully saturated rings. The van der Waals surface area contributed by atoms with Crippen molar-refractivity contribution in [3.63, 3.8) is 0 Å². The monoisotopic (exact) mass is 228 g/mol. The number of aromatic nitrogens is 1. The molecule has 0 amide bonds. The first-order valence-electron chi connectivity index (χ1n) is 4.88. The minimum Gasteiger partial charge on any atom is -0.244 e. The summed E-state index contributed by atoms with van der Waals surface area (Å²) in [6.07, 6.45) is 2.41. The highest BCUT2D eigenvalue weighted by Gasteiger charge is 2.01. The summed E-state index contributed by atoms with van der Waals surface area (Å²) in [7, 11) is 0. The van der Waals surface area contributed by atoms with E-state index in [1.165, 1.54) is 0 Å². The Hall–Kier alpha value is -1.85. The molecule has 0 saturated heterocycles. The van der Waals surface area contributed by atoms with Gasteiger partial charge in [0.15, 0.2) is 0 Å². The van der Waals surface area contributed by atoms with Crippen molar-refractivity contribution in [3.8, 4) is 6.07 Å². The van der Waals surface area contributed by atoms with Crippen LogP contribution >= 0.6 is 11.6 Å². The summed E-state index contributed by atoms with van der Waals surface area (Å²) in [5, 5.41) is 9.22. The molecule has 3 heteroatoms. The van der Waals surface area contributed by atoms with E-state index in [2.05, 4.69) is 11.1 Å². The van der Waals surface area contributed by atoms with Gasteiger partial charge in [0.05, 0.1) is 11.6 Å². The van der Waals surface area contributed by atoms with E-state index >= 15 is 0 Å². The molecule has 0 aliphatic rings. The van der Waals surface area contributed by atoms with Gasteiger partial charge in [-0.2, -0.15) is 5.26 Å². The molecule has 2 aromatic rings. The predicted octanol–water partition coefficient (Wildman–Crippen LogP) is 3.20. The van der Waals surface area contributed by atoms with Gasteiger partial charge in [0.2, 0.25) is 0 Å². The minimum absolute atomic E-state index is 0.534. The lowest BCUT2D eigenvalue weighted by atomic mass is 10.1. The average molecular weight is 229 g/mol. The molecule has 16 heavy (non-hydrogen) atoms. The zero-order valence-corrected chi connectivity index (χ0v) is 9.28. The van der Waals surface area contributed by atoms with Crippen LogP contribution in [0.2, 0.25) is 5.15 Å². The van der Waals surface area contributed by atoms with Gasteiger partial charge in [0, 0.05) is 12.6 Å². The average Bonchev–Trinajstić information content (AvgIpc) is 2.33. The van der Waals surface area contributed by atoms with Crippen molar-refractivity contribution in [2.75, 3.05) is 0 Å². The molecule has 78 valence electrons. The number of halogens is 1. The van der Waals surface area contributed by atoms with E-state index in [-0.39, 0.29) is 0 Å². The predicted molar refractivity (Wildman–Crippen MR) is 63.2 cm³/mol. The molecule has 1 aromatic carbocycles. The molecule has 0 bridgehead atoms. The van der Waals surface area contributed by atoms with Crippen LogP contribution in [-0.2, 0) is 6.42 Å². The van der Waals surface area contributed by atoms with Gasteiger partial charge >= 0.3 is 0 Å². The van der Waals surface area contributed by atoms with Crippen LogP contribution in [0.1, 0.15) is 16.7 Å². The summed E-state index contributed by atoms with van der Waals surface area (Å²) in [6, 6.07) is 13.4. The fraction of sp³-hybridized carbons (Fsp3) is 0.0769. The molecule has 0 radical (unpaired) electrons. The van der Waals surface area contributed by atoms with Crippen LogP contribution in [0.5, 0.6) is 0 Å². The van der Waals surface area contributed by atoms with E-state index < -0.39 is 0 Å². The van der Waals surface area contributed by atoms with Gasteiger partial charge in [0.25, 0.3) is 0 Å². The van der Waals surface area contributed by atoms with E-state index in [0.717, 1.165) is 17.5 Å². The van der Waals surface area contributed by atoms with Crippen molar-refractivity contribution in [3.05, 3.63) is 64.4 Å². The summed E-state index contributed by atoms with van der Waals surface area (Å²) in [6.45, 7) is 0. The Labute approximate surface area is 99.1 Å². The molecule has 1 heterocycles. The van der Waals surface area contributed by atoms with Gasteiger partial charge in [-0.25, -0.2) is 4.98 Å². The Bertz CT molecular complexity index is 526. The molecule has 2 nitrogen and oxygen atoms in total. The third kappa shape index (κ3) is 2.39. The normalized spacial score (nSPS) is 9.75. The van der Waals surface area contributed by atoms with E-state index in [1.54, 1.807) is 18.3 Å². The van der Waals surface area contributed by atoms with Crippen molar-refractivity contribution in [1.29, 1.82) is 5.26 Å². The molecule has 0 aliphatic heterocycles. The Morgan fingerprint density at radius 1 is 1.19 bits per heavy atom. The van der Waals surface area contributed by atoms with Crippen LogP contribution in [0.4, 0.5) is 0 Å². The van der Waals surface area contributed by atoms with Crippen molar-refractivity contribution in [2.24, 2.45) is 0 Å². The van der Waals surface area contributed by atoms with Crippen LogP contribution in [0.25, 0.3) is 0 Å². The Morgan fingerprint density at radius 2 is 1.94 bits per heavy atom.